The third kappa shape index (κ3) is 3.39. The zero-order valence-corrected chi connectivity index (χ0v) is 11.2. The lowest BCUT2D eigenvalue weighted by molar-refractivity contribution is 0.130. The van der Waals surface area contributed by atoms with E-state index in [9.17, 15) is 17.2 Å². The highest BCUT2D eigenvalue weighted by Crippen LogP contribution is 2.21. The van der Waals surface area contributed by atoms with E-state index in [2.05, 4.69) is 10.0 Å². The van der Waals surface area contributed by atoms with Crippen LogP contribution in [0.4, 0.5) is 14.5 Å². The quantitative estimate of drug-likeness (QED) is 0.865. The van der Waals surface area contributed by atoms with Crippen molar-refractivity contribution in [2.45, 2.75) is 31.2 Å². The van der Waals surface area contributed by atoms with E-state index in [1.165, 1.54) is 26.1 Å². The van der Waals surface area contributed by atoms with Crippen LogP contribution in [-0.4, -0.2) is 27.9 Å². The predicted molar refractivity (Wildman–Crippen MR) is 66.5 cm³/mol. The van der Waals surface area contributed by atoms with Crippen LogP contribution >= 0.6 is 0 Å². The Balaban J connectivity index is 3.10. The standard InChI is InChI=1S/C11H16F2N2O2S/c1-7-4-5-9(18(16,17)14-3)6-10(7)15-8(2)11(12)13/h4-6,8,11,14-15H,1-3H3. The van der Waals surface area contributed by atoms with Gasteiger partial charge in [0.2, 0.25) is 10.0 Å². The third-order valence-electron chi connectivity index (χ3n) is 2.55. The largest absolute Gasteiger partial charge is 0.377 e. The van der Waals surface area contributed by atoms with E-state index in [1.54, 1.807) is 13.0 Å². The summed E-state index contributed by atoms with van der Waals surface area (Å²) in [4.78, 5) is 0.0413. The Labute approximate surface area is 105 Å². The van der Waals surface area contributed by atoms with Gasteiger partial charge < -0.3 is 5.32 Å². The normalized spacial score (nSPS) is 13.7. The van der Waals surface area contributed by atoms with Crippen LogP contribution in [0.15, 0.2) is 23.1 Å². The Morgan fingerprint density at radius 2 is 1.89 bits per heavy atom. The molecule has 0 spiro atoms. The minimum absolute atomic E-state index is 0.0413. The van der Waals surface area contributed by atoms with Gasteiger partial charge in [0.25, 0.3) is 6.43 Å². The fourth-order valence-corrected chi connectivity index (χ4v) is 2.11. The van der Waals surface area contributed by atoms with Gasteiger partial charge in [0.15, 0.2) is 0 Å². The lowest BCUT2D eigenvalue weighted by atomic mass is 10.2. The molecule has 0 heterocycles. The van der Waals surface area contributed by atoms with Crippen LogP contribution in [0.25, 0.3) is 0 Å². The van der Waals surface area contributed by atoms with Crippen molar-refractivity contribution in [3.05, 3.63) is 23.8 Å². The third-order valence-corrected chi connectivity index (χ3v) is 3.96. The molecule has 0 aliphatic rings. The van der Waals surface area contributed by atoms with Crippen molar-refractivity contribution >= 4 is 15.7 Å². The van der Waals surface area contributed by atoms with E-state index >= 15 is 0 Å². The van der Waals surface area contributed by atoms with Gasteiger partial charge >= 0.3 is 0 Å². The molecule has 0 saturated heterocycles. The fourth-order valence-electron chi connectivity index (χ4n) is 1.35. The highest BCUT2D eigenvalue weighted by atomic mass is 32.2. The fraction of sp³-hybridized carbons (Fsp3) is 0.455. The van der Waals surface area contributed by atoms with Gasteiger partial charge in [-0.3, -0.25) is 0 Å². The Morgan fingerprint density at radius 3 is 2.39 bits per heavy atom. The Morgan fingerprint density at radius 1 is 1.28 bits per heavy atom. The number of rotatable bonds is 5. The molecular weight excluding hydrogens is 262 g/mol. The van der Waals surface area contributed by atoms with Gasteiger partial charge in [0.05, 0.1) is 10.9 Å². The second-order valence-electron chi connectivity index (χ2n) is 3.95. The van der Waals surface area contributed by atoms with E-state index < -0.39 is 22.5 Å². The van der Waals surface area contributed by atoms with Gasteiger partial charge in [-0.05, 0) is 38.6 Å². The molecule has 1 atom stereocenters. The van der Waals surface area contributed by atoms with E-state index in [1.807, 2.05) is 0 Å². The Bertz CT molecular complexity index is 518. The summed E-state index contributed by atoms with van der Waals surface area (Å²) >= 11 is 0. The first-order valence-corrected chi connectivity index (χ1v) is 6.85. The predicted octanol–water partition coefficient (Wildman–Crippen LogP) is 1.97. The topological polar surface area (TPSA) is 58.2 Å². The molecule has 7 heteroatoms. The molecule has 0 saturated carbocycles. The number of anilines is 1. The van der Waals surface area contributed by atoms with Crippen molar-refractivity contribution in [2.75, 3.05) is 12.4 Å². The summed E-state index contributed by atoms with van der Waals surface area (Å²) in [5.74, 6) is 0. The lowest BCUT2D eigenvalue weighted by Gasteiger charge is -2.17. The molecule has 0 aliphatic carbocycles. The molecule has 102 valence electrons. The Hall–Kier alpha value is -1.21. The average Bonchev–Trinajstić information content (AvgIpc) is 2.31. The number of hydrogen-bond acceptors (Lipinski definition) is 3. The number of sulfonamides is 1. The summed E-state index contributed by atoms with van der Waals surface area (Å²) in [5, 5.41) is 2.60. The first-order chi connectivity index (χ1) is 8.27. The SMILES string of the molecule is CNS(=O)(=O)c1ccc(C)c(NC(C)C(F)F)c1. The molecule has 18 heavy (non-hydrogen) atoms. The van der Waals surface area contributed by atoms with Gasteiger partial charge in [0, 0.05) is 5.69 Å². The molecule has 0 aliphatic heterocycles. The molecule has 0 fully saturated rings. The van der Waals surface area contributed by atoms with Crippen LogP contribution in [0.5, 0.6) is 0 Å². The number of hydrogen-bond donors (Lipinski definition) is 2. The lowest BCUT2D eigenvalue weighted by Crippen LogP contribution is -2.25. The van der Waals surface area contributed by atoms with E-state index in [0.717, 1.165) is 0 Å². The molecule has 0 aromatic heterocycles. The van der Waals surface area contributed by atoms with Gasteiger partial charge in [-0.1, -0.05) is 6.07 Å². The zero-order chi connectivity index (χ0) is 13.9. The molecule has 1 aromatic rings. The number of aryl methyl sites for hydroxylation is 1. The monoisotopic (exact) mass is 278 g/mol. The van der Waals surface area contributed by atoms with Crippen LogP contribution in [0.3, 0.4) is 0 Å². The van der Waals surface area contributed by atoms with E-state index in [4.69, 9.17) is 0 Å². The number of benzene rings is 1. The Kier molecular flexibility index (Phi) is 4.64. The maximum absolute atomic E-state index is 12.5. The zero-order valence-electron chi connectivity index (χ0n) is 10.4. The molecular formula is C11H16F2N2O2S. The number of nitrogens with one attached hydrogen (secondary N) is 2. The first kappa shape index (κ1) is 14.8. The molecule has 0 amide bonds. The van der Waals surface area contributed by atoms with Gasteiger partial charge in [0.1, 0.15) is 0 Å². The summed E-state index contributed by atoms with van der Waals surface area (Å²) in [6.07, 6.45) is -2.52. The van der Waals surface area contributed by atoms with Crippen molar-refractivity contribution in [3.63, 3.8) is 0 Å². The van der Waals surface area contributed by atoms with Crippen molar-refractivity contribution in [3.8, 4) is 0 Å². The van der Waals surface area contributed by atoms with Crippen molar-refractivity contribution in [1.29, 1.82) is 0 Å². The van der Waals surface area contributed by atoms with Crippen molar-refractivity contribution in [2.24, 2.45) is 0 Å². The van der Waals surface area contributed by atoms with Gasteiger partial charge in [-0.25, -0.2) is 21.9 Å². The molecule has 1 unspecified atom stereocenters. The second kappa shape index (κ2) is 5.62. The van der Waals surface area contributed by atoms with E-state index in [0.29, 0.717) is 11.3 Å². The molecule has 1 rings (SSSR count). The van der Waals surface area contributed by atoms with Crippen LogP contribution in [-0.2, 0) is 10.0 Å². The number of alkyl halides is 2. The summed E-state index contributed by atoms with van der Waals surface area (Å²) in [7, 11) is -2.28. The highest BCUT2D eigenvalue weighted by Gasteiger charge is 2.17. The summed E-state index contributed by atoms with van der Waals surface area (Å²) in [5.41, 5.74) is 1.09. The van der Waals surface area contributed by atoms with Crippen molar-refractivity contribution in [1.82, 2.24) is 4.72 Å². The number of halogens is 2. The van der Waals surface area contributed by atoms with Crippen LogP contribution in [0.1, 0.15) is 12.5 Å². The highest BCUT2D eigenvalue weighted by molar-refractivity contribution is 7.89. The summed E-state index contributed by atoms with van der Waals surface area (Å²) in [6.45, 7) is 3.06. The van der Waals surface area contributed by atoms with E-state index in [-0.39, 0.29) is 4.90 Å². The average molecular weight is 278 g/mol. The molecule has 2 N–H and O–H groups in total. The summed E-state index contributed by atoms with van der Waals surface area (Å²) < 4.78 is 50.3. The molecule has 0 radical (unpaired) electrons. The maximum atomic E-state index is 12.5. The molecule has 4 nitrogen and oxygen atoms in total. The summed E-state index contributed by atoms with van der Waals surface area (Å²) in [6, 6.07) is 3.31. The second-order valence-corrected chi connectivity index (χ2v) is 5.84. The molecule has 0 bridgehead atoms. The van der Waals surface area contributed by atoms with Gasteiger partial charge in [-0.15, -0.1) is 0 Å². The minimum atomic E-state index is -3.57. The van der Waals surface area contributed by atoms with Crippen LogP contribution < -0.4 is 10.0 Å². The molecule has 1 aromatic carbocycles. The van der Waals surface area contributed by atoms with Crippen LogP contribution in [0.2, 0.25) is 0 Å². The first-order valence-electron chi connectivity index (χ1n) is 5.37. The maximum Gasteiger partial charge on any atom is 0.258 e. The smallest absolute Gasteiger partial charge is 0.258 e. The minimum Gasteiger partial charge on any atom is -0.377 e. The van der Waals surface area contributed by atoms with Crippen LogP contribution in [0, 0.1) is 6.92 Å². The van der Waals surface area contributed by atoms with Gasteiger partial charge in [-0.2, -0.15) is 0 Å². The van der Waals surface area contributed by atoms with Crippen molar-refractivity contribution < 1.29 is 17.2 Å².